The van der Waals surface area contributed by atoms with Crippen molar-refractivity contribution in [1.29, 1.82) is 0 Å². The molecule has 0 unspecified atom stereocenters. The zero-order chi connectivity index (χ0) is 25.7. The van der Waals surface area contributed by atoms with Gasteiger partial charge in [0.2, 0.25) is 5.88 Å². The Balaban J connectivity index is 1.26. The van der Waals surface area contributed by atoms with Crippen LogP contribution in [0.1, 0.15) is 41.6 Å². The summed E-state index contributed by atoms with van der Waals surface area (Å²) in [4.78, 5) is 16.2. The average Bonchev–Trinajstić information content (AvgIpc) is 3.09. The fourth-order valence-corrected chi connectivity index (χ4v) is 4.11. The van der Waals surface area contributed by atoms with Crippen LogP contribution >= 0.6 is 11.6 Å². The second kappa shape index (κ2) is 11.4. The molecule has 0 aliphatic carbocycles. The quantitative estimate of drug-likeness (QED) is 0.138. The first-order chi connectivity index (χ1) is 17.3. The van der Waals surface area contributed by atoms with Crippen LogP contribution < -0.4 is 15.1 Å². The standard InChI is InChI=1S/C28H30ClN3O4/c1-18-8-10-21(11-9-18)35-28-23(20(3)31-32(28)4)17-30-12-6-5-7-13-34-26-16-25-22(15-24(26)29)19(2)14-27(33)36-25/h8-11,14-17H,5-7,12-13H2,1-4H3. The second-order valence-electron chi connectivity index (χ2n) is 8.81. The number of nitrogens with zero attached hydrogens (tertiary/aromatic N) is 3. The first kappa shape index (κ1) is 25.5. The summed E-state index contributed by atoms with van der Waals surface area (Å²) in [5, 5.41) is 5.78. The molecular formula is C28H30ClN3O4. The van der Waals surface area contributed by atoms with Gasteiger partial charge in [-0.1, -0.05) is 29.3 Å². The highest BCUT2D eigenvalue weighted by Gasteiger charge is 2.14. The van der Waals surface area contributed by atoms with Crippen LogP contribution in [0.25, 0.3) is 11.0 Å². The molecule has 36 heavy (non-hydrogen) atoms. The van der Waals surface area contributed by atoms with Gasteiger partial charge in [0.25, 0.3) is 0 Å². The number of aromatic nitrogens is 2. The van der Waals surface area contributed by atoms with Crippen LogP contribution in [0.3, 0.4) is 0 Å². The van der Waals surface area contributed by atoms with E-state index in [0.717, 1.165) is 47.2 Å². The van der Waals surface area contributed by atoms with E-state index in [0.29, 0.717) is 35.4 Å². The average molecular weight is 508 g/mol. The van der Waals surface area contributed by atoms with Gasteiger partial charge >= 0.3 is 5.63 Å². The molecule has 2 heterocycles. The number of aliphatic imine (C=N–C) groups is 1. The number of hydrogen-bond donors (Lipinski definition) is 0. The fourth-order valence-electron chi connectivity index (χ4n) is 3.89. The lowest BCUT2D eigenvalue weighted by molar-refractivity contribution is 0.306. The molecule has 0 radical (unpaired) electrons. The molecule has 0 amide bonds. The number of halogens is 1. The van der Waals surface area contributed by atoms with Crippen molar-refractivity contribution in [2.75, 3.05) is 13.2 Å². The monoisotopic (exact) mass is 507 g/mol. The Labute approximate surface area is 215 Å². The minimum Gasteiger partial charge on any atom is -0.492 e. The highest BCUT2D eigenvalue weighted by Crippen LogP contribution is 2.31. The van der Waals surface area contributed by atoms with Crippen molar-refractivity contribution < 1.29 is 13.9 Å². The van der Waals surface area contributed by atoms with Gasteiger partial charge in [-0.05, 0) is 63.8 Å². The highest BCUT2D eigenvalue weighted by atomic mass is 35.5. The maximum atomic E-state index is 11.6. The van der Waals surface area contributed by atoms with Crippen LogP contribution in [0.15, 0.2) is 56.7 Å². The zero-order valence-electron chi connectivity index (χ0n) is 21.0. The minimum atomic E-state index is -0.385. The smallest absolute Gasteiger partial charge is 0.336 e. The van der Waals surface area contributed by atoms with E-state index in [2.05, 4.69) is 10.1 Å². The molecule has 0 fully saturated rings. The third-order valence-electron chi connectivity index (χ3n) is 5.86. The van der Waals surface area contributed by atoms with Gasteiger partial charge in [0, 0.05) is 37.3 Å². The SMILES string of the molecule is Cc1ccc(Oc2c(C=NCCCCCOc3cc4oc(=O)cc(C)c4cc3Cl)c(C)nn2C)cc1. The number of hydrogen-bond acceptors (Lipinski definition) is 6. The van der Waals surface area contributed by atoms with E-state index in [4.69, 9.17) is 25.5 Å². The van der Waals surface area contributed by atoms with Gasteiger partial charge in [-0.15, -0.1) is 0 Å². The van der Waals surface area contributed by atoms with E-state index in [9.17, 15) is 4.79 Å². The van der Waals surface area contributed by atoms with E-state index >= 15 is 0 Å². The van der Waals surface area contributed by atoms with Crippen LogP contribution in [0, 0.1) is 20.8 Å². The molecule has 0 saturated carbocycles. The molecule has 0 saturated heterocycles. The van der Waals surface area contributed by atoms with Gasteiger partial charge in [-0.25, -0.2) is 9.48 Å². The molecule has 4 rings (SSSR count). The van der Waals surface area contributed by atoms with Gasteiger partial charge < -0.3 is 13.9 Å². The molecule has 0 bridgehead atoms. The van der Waals surface area contributed by atoms with Crippen molar-refractivity contribution in [1.82, 2.24) is 9.78 Å². The third-order valence-corrected chi connectivity index (χ3v) is 6.16. The molecule has 4 aromatic rings. The molecule has 0 aliphatic heterocycles. The van der Waals surface area contributed by atoms with Crippen LogP contribution in [-0.2, 0) is 7.05 Å². The summed E-state index contributed by atoms with van der Waals surface area (Å²) in [6.07, 6.45) is 4.57. The minimum absolute atomic E-state index is 0.385. The summed E-state index contributed by atoms with van der Waals surface area (Å²) in [5.41, 5.74) is 3.85. The normalized spacial score (nSPS) is 11.5. The lowest BCUT2D eigenvalue weighted by Crippen LogP contribution is -2.01. The van der Waals surface area contributed by atoms with Crippen LogP contribution in [0.4, 0.5) is 0 Å². The van der Waals surface area contributed by atoms with Crippen molar-refractivity contribution in [2.45, 2.75) is 40.0 Å². The molecule has 2 aromatic heterocycles. The van der Waals surface area contributed by atoms with Crippen LogP contribution in [0.5, 0.6) is 17.4 Å². The summed E-state index contributed by atoms with van der Waals surface area (Å²) in [5.74, 6) is 1.96. The van der Waals surface area contributed by atoms with Gasteiger partial charge in [0.15, 0.2) is 0 Å². The Kier molecular flexibility index (Phi) is 8.10. The summed E-state index contributed by atoms with van der Waals surface area (Å²) in [6, 6.07) is 12.8. The number of fused-ring (bicyclic) bond motifs is 1. The summed E-state index contributed by atoms with van der Waals surface area (Å²) in [6.45, 7) is 7.06. The number of unbranched alkanes of at least 4 members (excludes halogenated alkanes) is 2. The Morgan fingerprint density at radius 1 is 1.08 bits per heavy atom. The molecule has 0 atom stereocenters. The summed E-state index contributed by atoms with van der Waals surface area (Å²) < 4.78 is 18.9. The van der Waals surface area contributed by atoms with E-state index in [1.54, 1.807) is 16.8 Å². The molecule has 8 heteroatoms. The third kappa shape index (κ3) is 6.15. The number of ether oxygens (including phenoxy) is 2. The predicted octanol–water partition coefficient (Wildman–Crippen LogP) is 6.57. The molecule has 0 spiro atoms. The zero-order valence-corrected chi connectivity index (χ0v) is 21.8. The first-order valence-corrected chi connectivity index (χ1v) is 12.3. The van der Waals surface area contributed by atoms with Gasteiger partial charge in [0.1, 0.15) is 17.1 Å². The van der Waals surface area contributed by atoms with Crippen molar-refractivity contribution in [3.8, 4) is 17.4 Å². The van der Waals surface area contributed by atoms with Gasteiger partial charge in [0.05, 0.1) is 22.9 Å². The van der Waals surface area contributed by atoms with E-state index in [1.807, 2.05) is 58.3 Å². The Morgan fingerprint density at radius 2 is 1.86 bits per heavy atom. The maximum absolute atomic E-state index is 11.6. The van der Waals surface area contributed by atoms with E-state index in [-0.39, 0.29) is 5.63 Å². The van der Waals surface area contributed by atoms with Crippen LogP contribution in [0.2, 0.25) is 5.02 Å². The number of rotatable bonds is 10. The second-order valence-corrected chi connectivity index (χ2v) is 9.22. The maximum Gasteiger partial charge on any atom is 0.336 e. The fraction of sp³-hybridized carbons (Fsp3) is 0.321. The summed E-state index contributed by atoms with van der Waals surface area (Å²) in [7, 11) is 1.87. The highest BCUT2D eigenvalue weighted by molar-refractivity contribution is 6.32. The molecule has 2 aromatic carbocycles. The molecule has 0 aliphatic rings. The van der Waals surface area contributed by atoms with Crippen molar-refractivity contribution in [2.24, 2.45) is 12.0 Å². The first-order valence-electron chi connectivity index (χ1n) is 12.0. The van der Waals surface area contributed by atoms with Gasteiger partial charge in [-0.2, -0.15) is 5.10 Å². The molecule has 0 N–H and O–H groups in total. The topological polar surface area (TPSA) is 78.8 Å². The van der Waals surface area contributed by atoms with E-state index in [1.165, 1.54) is 11.6 Å². The van der Waals surface area contributed by atoms with Crippen molar-refractivity contribution >= 4 is 28.8 Å². The summed E-state index contributed by atoms with van der Waals surface area (Å²) >= 11 is 6.36. The Morgan fingerprint density at radius 3 is 2.64 bits per heavy atom. The Hall–Kier alpha value is -3.58. The lowest BCUT2D eigenvalue weighted by Gasteiger charge is -2.09. The van der Waals surface area contributed by atoms with E-state index < -0.39 is 0 Å². The van der Waals surface area contributed by atoms with Crippen molar-refractivity contribution in [3.63, 3.8) is 0 Å². The lowest BCUT2D eigenvalue weighted by atomic mass is 10.1. The Bertz CT molecular complexity index is 1440. The number of benzene rings is 2. The molecular weight excluding hydrogens is 478 g/mol. The number of aryl methyl sites for hydroxylation is 4. The molecule has 188 valence electrons. The molecule has 7 nitrogen and oxygen atoms in total. The predicted molar refractivity (Wildman–Crippen MR) is 143 cm³/mol. The largest absolute Gasteiger partial charge is 0.492 e. The van der Waals surface area contributed by atoms with Gasteiger partial charge in [-0.3, -0.25) is 4.99 Å². The van der Waals surface area contributed by atoms with Crippen LogP contribution in [-0.4, -0.2) is 29.1 Å². The van der Waals surface area contributed by atoms with Crippen molar-refractivity contribution in [3.05, 3.63) is 80.3 Å².